The zero-order chi connectivity index (χ0) is 24.3. The molecule has 1 aliphatic rings. The number of carbonyl (C=O) groups excluding carboxylic acids is 2. The normalized spacial score (nSPS) is 15.7. The van der Waals surface area contributed by atoms with Gasteiger partial charge in [-0.25, -0.2) is 0 Å². The Bertz CT molecular complexity index is 1170. The van der Waals surface area contributed by atoms with E-state index in [2.05, 4.69) is 10.6 Å². The number of carbonyl (C=O) groups is 2. The van der Waals surface area contributed by atoms with Gasteiger partial charge in [-0.2, -0.15) is 5.10 Å². The van der Waals surface area contributed by atoms with Crippen LogP contribution in [-0.2, 0) is 11.3 Å². The Kier molecular flexibility index (Phi) is 6.91. The van der Waals surface area contributed by atoms with Gasteiger partial charge in [0.2, 0.25) is 5.91 Å². The van der Waals surface area contributed by atoms with Gasteiger partial charge in [0.05, 0.1) is 5.52 Å². The number of anilines is 1. The molecule has 0 unspecified atom stereocenters. The summed E-state index contributed by atoms with van der Waals surface area (Å²) in [6.07, 6.45) is 6.18. The largest absolute Gasteiger partial charge is 0.508 e. The summed E-state index contributed by atoms with van der Waals surface area (Å²) in [5.41, 5.74) is 1.20. The zero-order valence-electron chi connectivity index (χ0n) is 20.2. The van der Waals surface area contributed by atoms with Crippen molar-refractivity contribution in [1.82, 2.24) is 15.1 Å². The summed E-state index contributed by atoms with van der Waals surface area (Å²) in [5, 5.41) is 20.9. The molecular formula is C27H34N4O3. The van der Waals surface area contributed by atoms with Gasteiger partial charge in [-0.1, -0.05) is 64.3 Å². The van der Waals surface area contributed by atoms with E-state index in [1.807, 2.05) is 49.7 Å². The van der Waals surface area contributed by atoms with Crippen molar-refractivity contribution in [3.63, 3.8) is 0 Å². The van der Waals surface area contributed by atoms with Crippen molar-refractivity contribution >= 4 is 28.4 Å². The van der Waals surface area contributed by atoms with Gasteiger partial charge in [-0.3, -0.25) is 14.3 Å². The Morgan fingerprint density at radius 1 is 1.09 bits per heavy atom. The van der Waals surface area contributed by atoms with Crippen LogP contribution in [0, 0.1) is 11.3 Å². The first kappa shape index (κ1) is 23.8. The molecule has 7 nitrogen and oxygen atoms in total. The number of nitrogens with one attached hydrogen (secondary N) is 2. The number of nitrogens with zero attached hydrogens (tertiary/aromatic N) is 2. The summed E-state index contributed by atoms with van der Waals surface area (Å²) in [6.45, 7) is 6.51. The maximum absolute atomic E-state index is 13.4. The van der Waals surface area contributed by atoms with Crippen molar-refractivity contribution in [2.45, 2.75) is 65.5 Å². The predicted octanol–water partition coefficient (Wildman–Crippen LogP) is 5.11. The molecule has 1 aliphatic carbocycles. The predicted molar refractivity (Wildman–Crippen MR) is 134 cm³/mol. The van der Waals surface area contributed by atoms with Crippen LogP contribution >= 0.6 is 0 Å². The SMILES string of the molecule is CC(C)(C)[C@H](NC(=O)c1nn(CC2CCCCC2)c2ccccc12)C(=O)Nc1cccc(O)c1. The standard InChI is InChI=1S/C27H34N4O3/c1-27(2,3)24(26(34)28-19-12-9-13-20(32)16-19)29-25(33)23-21-14-7-8-15-22(21)31(30-23)17-18-10-5-4-6-11-18/h7-9,12-16,18,24,32H,4-6,10-11,17H2,1-3H3,(H,28,34)(H,29,33)/t24-/m1/s1. The van der Waals surface area contributed by atoms with Gasteiger partial charge < -0.3 is 15.7 Å². The van der Waals surface area contributed by atoms with E-state index in [0.717, 1.165) is 17.4 Å². The van der Waals surface area contributed by atoms with Crippen LogP contribution in [0.4, 0.5) is 5.69 Å². The molecule has 0 saturated heterocycles. The highest BCUT2D eigenvalue weighted by Gasteiger charge is 2.34. The van der Waals surface area contributed by atoms with Gasteiger partial charge in [-0.15, -0.1) is 0 Å². The summed E-state index contributed by atoms with van der Waals surface area (Å²) in [4.78, 5) is 26.6. The summed E-state index contributed by atoms with van der Waals surface area (Å²) in [5.74, 6) is -0.0885. The third kappa shape index (κ3) is 5.41. The van der Waals surface area contributed by atoms with Gasteiger partial charge in [-0.05, 0) is 42.4 Å². The van der Waals surface area contributed by atoms with Crippen LogP contribution in [0.2, 0.25) is 0 Å². The molecule has 2 amide bonds. The van der Waals surface area contributed by atoms with Crippen LogP contribution in [0.5, 0.6) is 5.75 Å². The second-order valence-corrected chi connectivity index (χ2v) is 10.4. The van der Waals surface area contributed by atoms with Crippen molar-refractivity contribution in [2.75, 3.05) is 5.32 Å². The van der Waals surface area contributed by atoms with E-state index >= 15 is 0 Å². The van der Waals surface area contributed by atoms with Crippen LogP contribution in [0.25, 0.3) is 10.9 Å². The quantitative estimate of drug-likeness (QED) is 0.475. The molecule has 1 saturated carbocycles. The molecule has 3 aromatic rings. The molecule has 7 heteroatoms. The lowest BCUT2D eigenvalue weighted by Crippen LogP contribution is -2.51. The van der Waals surface area contributed by atoms with Gasteiger partial charge in [0, 0.05) is 23.7 Å². The van der Waals surface area contributed by atoms with Crippen molar-refractivity contribution in [3.8, 4) is 5.75 Å². The highest BCUT2D eigenvalue weighted by atomic mass is 16.3. The number of para-hydroxylation sites is 1. The molecule has 0 spiro atoms. The second-order valence-electron chi connectivity index (χ2n) is 10.4. The molecule has 2 aromatic carbocycles. The fraction of sp³-hybridized carbons (Fsp3) is 0.444. The first-order valence-electron chi connectivity index (χ1n) is 12.1. The number of benzene rings is 2. The number of hydrogen-bond acceptors (Lipinski definition) is 4. The van der Waals surface area contributed by atoms with Crippen molar-refractivity contribution in [1.29, 1.82) is 0 Å². The number of rotatable bonds is 6. The summed E-state index contributed by atoms with van der Waals surface area (Å²) >= 11 is 0. The average molecular weight is 463 g/mol. The molecule has 0 bridgehead atoms. The van der Waals surface area contributed by atoms with Crippen LogP contribution in [0.1, 0.15) is 63.4 Å². The maximum Gasteiger partial charge on any atom is 0.273 e. The summed E-state index contributed by atoms with van der Waals surface area (Å²) in [7, 11) is 0. The zero-order valence-corrected chi connectivity index (χ0v) is 20.2. The van der Waals surface area contributed by atoms with Crippen LogP contribution in [0.15, 0.2) is 48.5 Å². The van der Waals surface area contributed by atoms with Gasteiger partial charge in [0.15, 0.2) is 5.69 Å². The van der Waals surface area contributed by atoms with E-state index < -0.39 is 11.5 Å². The molecule has 1 heterocycles. The fourth-order valence-electron chi connectivity index (χ4n) is 4.72. The van der Waals surface area contributed by atoms with Crippen molar-refractivity contribution in [2.24, 2.45) is 11.3 Å². The van der Waals surface area contributed by atoms with Gasteiger partial charge >= 0.3 is 0 Å². The third-order valence-corrected chi connectivity index (χ3v) is 6.55. The maximum atomic E-state index is 13.4. The minimum absolute atomic E-state index is 0.0594. The molecule has 1 atom stereocenters. The molecule has 180 valence electrons. The molecule has 0 radical (unpaired) electrons. The lowest BCUT2D eigenvalue weighted by atomic mass is 9.86. The van der Waals surface area contributed by atoms with Crippen LogP contribution in [0.3, 0.4) is 0 Å². The molecule has 1 aromatic heterocycles. The van der Waals surface area contributed by atoms with E-state index in [1.165, 1.54) is 44.2 Å². The van der Waals surface area contributed by atoms with Gasteiger partial charge in [0.1, 0.15) is 11.8 Å². The topological polar surface area (TPSA) is 96.2 Å². The van der Waals surface area contributed by atoms with E-state index in [1.54, 1.807) is 12.1 Å². The summed E-state index contributed by atoms with van der Waals surface area (Å²) < 4.78 is 1.96. The second kappa shape index (κ2) is 9.87. The summed E-state index contributed by atoms with van der Waals surface area (Å²) in [6, 6.07) is 13.3. The Morgan fingerprint density at radius 3 is 2.53 bits per heavy atom. The van der Waals surface area contributed by atoms with E-state index in [-0.39, 0.29) is 17.6 Å². The minimum Gasteiger partial charge on any atom is -0.508 e. The first-order valence-corrected chi connectivity index (χ1v) is 12.1. The Morgan fingerprint density at radius 2 is 1.82 bits per heavy atom. The number of amides is 2. The highest BCUT2D eigenvalue weighted by Crippen LogP contribution is 2.28. The van der Waals surface area contributed by atoms with E-state index in [9.17, 15) is 14.7 Å². The van der Waals surface area contributed by atoms with Crippen molar-refractivity contribution in [3.05, 3.63) is 54.2 Å². The lowest BCUT2D eigenvalue weighted by Gasteiger charge is -2.30. The monoisotopic (exact) mass is 462 g/mol. The number of phenols is 1. The number of phenolic OH excluding ortho intramolecular Hbond substituents is 1. The number of aromatic nitrogens is 2. The van der Waals surface area contributed by atoms with E-state index in [4.69, 9.17) is 5.10 Å². The van der Waals surface area contributed by atoms with E-state index in [0.29, 0.717) is 17.3 Å². The molecule has 1 fully saturated rings. The minimum atomic E-state index is -0.801. The molecule has 0 aliphatic heterocycles. The first-order chi connectivity index (χ1) is 16.2. The van der Waals surface area contributed by atoms with Gasteiger partial charge in [0.25, 0.3) is 5.91 Å². The molecule has 3 N–H and O–H groups in total. The van der Waals surface area contributed by atoms with Crippen LogP contribution in [-0.4, -0.2) is 32.7 Å². The molecule has 4 rings (SSSR count). The molecule has 34 heavy (non-hydrogen) atoms. The smallest absolute Gasteiger partial charge is 0.273 e. The number of fused-ring (bicyclic) bond motifs is 1. The number of aromatic hydroxyl groups is 1. The Balaban J connectivity index is 1.57. The van der Waals surface area contributed by atoms with Crippen molar-refractivity contribution < 1.29 is 14.7 Å². The molecular weight excluding hydrogens is 428 g/mol. The highest BCUT2D eigenvalue weighted by molar-refractivity contribution is 6.07. The average Bonchev–Trinajstić information content (AvgIpc) is 3.16. The lowest BCUT2D eigenvalue weighted by molar-refractivity contribution is -0.120. The van der Waals surface area contributed by atoms with Crippen LogP contribution < -0.4 is 10.6 Å². The Hall–Kier alpha value is -3.35. The Labute approximate surface area is 200 Å². The number of hydrogen-bond donors (Lipinski definition) is 3. The fourth-order valence-corrected chi connectivity index (χ4v) is 4.72. The third-order valence-electron chi connectivity index (χ3n) is 6.55.